The van der Waals surface area contributed by atoms with Gasteiger partial charge in [0.25, 0.3) is 0 Å². The molecule has 0 N–H and O–H groups in total. The van der Waals surface area contributed by atoms with Crippen molar-refractivity contribution in [2.75, 3.05) is 19.7 Å². The first-order valence-electron chi connectivity index (χ1n) is 6.87. The van der Waals surface area contributed by atoms with Gasteiger partial charge in [-0.05, 0) is 31.0 Å². The Morgan fingerprint density at radius 3 is 2.28 bits per heavy atom. The van der Waals surface area contributed by atoms with Gasteiger partial charge in [0.2, 0.25) is 0 Å². The van der Waals surface area contributed by atoms with Crippen LogP contribution >= 0.6 is 0 Å². The van der Waals surface area contributed by atoms with Crippen LogP contribution in [0.3, 0.4) is 0 Å². The molecule has 2 nitrogen and oxygen atoms in total. The molecule has 0 amide bonds. The van der Waals surface area contributed by atoms with Gasteiger partial charge in [-0.15, -0.1) is 0 Å². The van der Waals surface area contributed by atoms with Gasteiger partial charge in [0.1, 0.15) is 12.4 Å². The molecule has 0 aliphatic rings. The van der Waals surface area contributed by atoms with Gasteiger partial charge in [-0.3, -0.25) is 4.90 Å². The van der Waals surface area contributed by atoms with Crippen molar-refractivity contribution in [2.24, 2.45) is 5.41 Å². The highest BCUT2D eigenvalue weighted by Gasteiger charge is 2.24. The zero-order chi connectivity index (χ0) is 13.6. The number of hydrogen-bond donors (Lipinski definition) is 0. The van der Waals surface area contributed by atoms with E-state index in [9.17, 15) is 0 Å². The van der Waals surface area contributed by atoms with E-state index in [2.05, 4.69) is 39.5 Å². The van der Waals surface area contributed by atoms with E-state index in [-0.39, 0.29) is 0 Å². The second kappa shape index (κ2) is 6.79. The van der Waals surface area contributed by atoms with E-state index in [0.29, 0.717) is 11.5 Å². The minimum Gasteiger partial charge on any atom is -0.492 e. The lowest BCUT2D eigenvalue weighted by Crippen LogP contribution is -2.43. The summed E-state index contributed by atoms with van der Waals surface area (Å²) in [6.45, 7) is 14.2. The average molecular weight is 249 g/mol. The van der Waals surface area contributed by atoms with Crippen molar-refractivity contribution in [3.05, 3.63) is 30.3 Å². The molecule has 0 heterocycles. The Bertz CT molecular complexity index is 329. The lowest BCUT2D eigenvalue weighted by molar-refractivity contribution is 0.101. The normalized spacial score (nSPS) is 13.7. The predicted molar refractivity (Wildman–Crippen MR) is 78.1 cm³/mol. The maximum absolute atomic E-state index is 5.76. The molecule has 0 aliphatic heterocycles. The van der Waals surface area contributed by atoms with Crippen LogP contribution in [0.1, 0.15) is 34.6 Å². The van der Waals surface area contributed by atoms with Crippen LogP contribution in [0.4, 0.5) is 0 Å². The fourth-order valence-electron chi connectivity index (χ4n) is 1.97. The number of rotatable bonds is 6. The van der Waals surface area contributed by atoms with Gasteiger partial charge in [-0.2, -0.15) is 0 Å². The molecule has 1 rings (SSSR count). The quantitative estimate of drug-likeness (QED) is 0.760. The molecule has 0 spiro atoms. The Hall–Kier alpha value is -1.02. The van der Waals surface area contributed by atoms with Crippen LogP contribution in [-0.2, 0) is 0 Å². The summed E-state index contributed by atoms with van der Waals surface area (Å²) in [6, 6.07) is 10.6. The van der Waals surface area contributed by atoms with Crippen molar-refractivity contribution >= 4 is 0 Å². The fraction of sp³-hybridized carbons (Fsp3) is 0.625. The number of para-hydroxylation sites is 1. The molecule has 1 atom stereocenters. The van der Waals surface area contributed by atoms with E-state index < -0.39 is 0 Å². The summed E-state index contributed by atoms with van der Waals surface area (Å²) < 4.78 is 5.76. The van der Waals surface area contributed by atoms with Crippen molar-refractivity contribution in [3.63, 3.8) is 0 Å². The number of benzene rings is 1. The van der Waals surface area contributed by atoms with Gasteiger partial charge in [-0.1, -0.05) is 45.9 Å². The van der Waals surface area contributed by atoms with Gasteiger partial charge in [0, 0.05) is 12.6 Å². The van der Waals surface area contributed by atoms with Gasteiger partial charge >= 0.3 is 0 Å². The van der Waals surface area contributed by atoms with Crippen molar-refractivity contribution < 1.29 is 4.74 Å². The van der Waals surface area contributed by atoms with Crippen LogP contribution in [0.5, 0.6) is 5.75 Å². The summed E-state index contributed by atoms with van der Waals surface area (Å²) >= 11 is 0. The number of likely N-dealkylation sites (N-methyl/N-ethyl adjacent to an activating group) is 1. The fourth-order valence-corrected chi connectivity index (χ4v) is 1.97. The molecular weight excluding hydrogens is 222 g/mol. The predicted octanol–water partition coefficient (Wildman–Crippen LogP) is 3.82. The maximum atomic E-state index is 5.76. The number of nitrogens with zero attached hydrogens (tertiary/aromatic N) is 1. The van der Waals surface area contributed by atoms with E-state index in [1.165, 1.54) is 0 Å². The minimum absolute atomic E-state index is 0.308. The summed E-state index contributed by atoms with van der Waals surface area (Å²) in [6.07, 6.45) is 0. The molecule has 1 aromatic carbocycles. The van der Waals surface area contributed by atoms with Crippen LogP contribution < -0.4 is 4.74 Å². The lowest BCUT2D eigenvalue weighted by Gasteiger charge is -2.37. The maximum Gasteiger partial charge on any atom is 0.119 e. The van der Waals surface area contributed by atoms with Crippen LogP contribution in [0.15, 0.2) is 30.3 Å². The molecule has 102 valence electrons. The van der Waals surface area contributed by atoms with Crippen LogP contribution in [0, 0.1) is 5.41 Å². The Labute approximate surface area is 112 Å². The van der Waals surface area contributed by atoms with E-state index in [1.807, 2.05) is 30.3 Å². The molecule has 1 aromatic rings. The second-order valence-corrected chi connectivity index (χ2v) is 5.83. The summed E-state index contributed by atoms with van der Waals surface area (Å²) in [7, 11) is 0. The van der Waals surface area contributed by atoms with E-state index in [1.54, 1.807) is 0 Å². The standard InChI is InChI=1S/C16H27NO/c1-6-17(14(2)16(3,4)5)12-13-18-15-10-8-7-9-11-15/h7-11,14H,6,12-13H2,1-5H3. The molecule has 0 saturated carbocycles. The Kier molecular flexibility index (Phi) is 5.67. The molecule has 0 fully saturated rings. The summed E-state index contributed by atoms with van der Waals surface area (Å²) in [5, 5.41) is 0. The topological polar surface area (TPSA) is 12.5 Å². The average Bonchev–Trinajstić information content (AvgIpc) is 2.34. The lowest BCUT2D eigenvalue weighted by atomic mass is 9.87. The highest BCUT2D eigenvalue weighted by atomic mass is 16.5. The van der Waals surface area contributed by atoms with Crippen molar-refractivity contribution in [1.29, 1.82) is 0 Å². The van der Waals surface area contributed by atoms with Crippen LogP contribution in [-0.4, -0.2) is 30.6 Å². The molecular formula is C16H27NO. The largest absolute Gasteiger partial charge is 0.492 e. The van der Waals surface area contributed by atoms with E-state index in [0.717, 1.165) is 25.4 Å². The monoisotopic (exact) mass is 249 g/mol. The van der Waals surface area contributed by atoms with Crippen LogP contribution in [0.2, 0.25) is 0 Å². The molecule has 0 aliphatic carbocycles. The van der Waals surface area contributed by atoms with Crippen molar-refractivity contribution in [2.45, 2.75) is 40.7 Å². The van der Waals surface area contributed by atoms with Crippen molar-refractivity contribution in [1.82, 2.24) is 4.90 Å². The molecule has 18 heavy (non-hydrogen) atoms. The third-order valence-corrected chi connectivity index (χ3v) is 3.60. The van der Waals surface area contributed by atoms with E-state index in [4.69, 9.17) is 4.74 Å². The number of ether oxygens (including phenoxy) is 1. The SMILES string of the molecule is CCN(CCOc1ccccc1)C(C)C(C)(C)C. The van der Waals surface area contributed by atoms with Gasteiger partial charge < -0.3 is 4.74 Å². The summed E-state index contributed by atoms with van der Waals surface area (Å²) in [4.78, 5) is 2.48. The Balaban J connectivity index is 2.41. The van der Waals surface area contributed by atoms with E-state index >= 15 is 0 Å². The minimum atomic E-state index is 0.308. The number of hydrogen-bond acceptors (Lipinski definition) is 2. The zero-order valence-electron chi connectivity index (χ0n) is 12.4. The Morgan fingerprint density at radius 2 is 1.78 bits per heavy atom. The van der Waals surface area contributed by atoms with Crippen LogP contribution in [0.25, 0.3) is 0 Å². The molecule has 0 aromatic heterocycles. The first-order valence-corrected chi connectivity index (χ1v) is 6.87. The summed E-state index contributed by atoms with van der Waals surface area (Å²) in [5.74, 6) is 0.956. The van der Waals surface area contributed by atoms with Gasteiger partial charge in [-0.25, -0.2) is 0 Å². The highest BCUT2D eigenvalue weighted by Crippen LogP contribution is 2.23. The molecule has 0 bridgehead atoms. The third-order valence-electron chi connectivity index (χ3n) is 3.60. The van der Waals surface area contributed by atoms with Gasteiger partial charge in [0.05, 0.1) is 0 Å². The Morgan fingerprint density at radius 1 is 1.17 bits per heavy atom. The zero-order valence-corrected chi connectivity index (χ0v) is 12.4. The second-order valence-electron chi connectivity index (χ2n) is 5.83. The molecule has 1 unspecified atom stereocenters. The smallest absolute Gasteiger partial charge is 0.119 e. The first kappa shape index (κ1) is 15.0. The van der Waals surface area contributed by atoms with Crippen molar-refractivity contribution in [3.8, 4) is 5.75 Å². The molecule has 0 radical (unpaired) electrons. The third kappa shape index (κ3) is 4.69. The molecule has 0 saturated heterocycles. The first-order chi connectivity index (χ1) is 8.45. The van der Waals surface area contributed by atoms with Gasteiger partial charge in [0.15, 0.2) is 0 Å². The molecule has 2 heteroatoms. The summed E-state index contributed by atoms with van der Waals surface area (Å²) in [5.41, 5.74) is 0.308. The highest BCUT2D eigenvalue weighted by molar-refractivity contribution is 5.20.